The summed E-state index contributed by atoms with van der Waals surface area (Å²) >= 11 is 0.635. The van der Waals surface area contributed by atoms with Gasteiger partial charge < -0.3 is 14.1 Å². The third-order valence-electron chi connectivity index (χ3n) is 11.1. The number of pyridine rings is 2. The van der Waals surface area contributed by atoms with Crippen molar-refractivity contribution >= 4 is 84.3 Å². The van der Waals surface area contributed by atoms with Crippen LogP contribution < -0.4 is 32.1 Å². The quantitative estimate of drug-likeness (QED) is 0.0248. The minimum atomic E-state index is -0.740. The number of ether oxygens (including phenoxy) is 2. The molecule has 3 aromatic rings. The number of nitrogens with zero attached hydrogens (tertiary/aromatic N) is 3. The minimum absolute atomic E-state index is 0.00550. The van der Waals surface area contributed by atoms with Gasteiger partial charge in [-0.05, 0) is 42.5 Å². The summed E-state index contributed by atoms with van der Waals surface area (Å²) in [5, 5.41) is 13.6. The molecule has 63 heavy (non-hydrogen) atoms. The number of hydrogen-bond donors (Lipinski definition) is 5. The van der Waals surface area contributed by atoms with Crippen molar-refractivity contribution in [2.75, 3.05) is 40.1 Å². The van der Waals surface area contributed by atoms with Gasteiger partial charge in [-0.15, -0.1) is 0 Å². The Labute approximate surface area is 375 Å². The molecular formula is C42H46FN8O11Pb. The second-order valence-electron chi connectivity index (χ2n) is 15.2. The van der Waals surface area contributed by atoms with Gasteiger partial charge in [0.15, 0.2) is 0 Å². The minimum Gasteiger partial charge on any atom is -0.269 e. The topological polar surface area (TPSA) is 253 Å². The average Bonchev–Trinajstić information content (AvgIpc) is 3.79. The van der Waals surface area contributed by atoms with Crippen LogP contribution in [-0.4, -0.2) is 134 Å². The van der Waals surface area contributed by atoms with E-state index in [1.165, 1.54) is 13.2 Å². The maximum absolute atomic E-state index is 15.3. The van der Waals surface area contributed by atoms with Gasteiger partial charge in [-0.1, -0.05) is 6.92 Å². The second kappa shape index (κ2) is 20.6. The number of fused-ring (bicyclic) bond motifs is 4. The molecular weight excluding hydrogens is 1020 g/mol. The number of halogens is 1. The second-order valence-corrected chi connectivity index (χ2v) is 16.8. The number of amides is 7. The van der Waals surface area contributed by atoms with Crippen LogP contribution in [0.15, 0.2) is 29.1 Å². The van der Waals surface area contributed by atoms with Crippen molar-refractivity contribution in [1.29, 1.82) is 0 Å². The number of aromatic nitrogens is 2. The molecule has 331 valence electrons. The fraction of sp³-hybridized carbons (Fsp3) is 0.429. The number of carbonyl (C=O) groups is 8. The Hall–Kier alpha value is -5.75. The maximum atomic E-state index is 15.3. The monoisotopic (exact) mass is 1070 g/mol. The number of methoxy groups -OCH3 is 1. The fourth-order valence-corrected chi connectivity index (χ4v) is 8.94. The van der Waals surface area contributed by atoms with Crippen molar-refractivity contribution in [2.45, 2.75) is 74.7 Å². The Morgan fingerprint density at radius 3 is 2.38 bits per heavy atom. The number of benzene rings is 1. The van der Waals surface area contributed by atoms with Crippen LogP contribution in [0.5, 0.6) is 0 Å². The Morgan fingerprint density at radius 2 is 1.70 bits per heavy atom. The van der Waals surface area contributed by atoms with Gasteiger partial charge in [0.1, 0.15) is 12.1 Å². The predicted molar refractivity (Wildman–Crippen MR) is 222 cm³/mol. The van der Waals surface area contributed by atoms with Gasteiger partial charge in [0, 0.05) is 47.8 Å². The van der Waals surface area contributed by atoms with Crippen molar-refractivity contribution in [3.63, 3.8) is 0 Å². The van der Waals surface area contributed by atoms with Gasteiger partial charge >= 0.3 is 183 Å². The molecule has 1 aromatic carbocycles. The molecule has 4 heterocycles. The Kier molecular flexibility index (Phi) is 15.3. The van der Waals surface area contributed by atoms with Crippen LogP contribution >= 0.6 is 0 Å². The molecule has 7 amide bonds. The first-order chi connectivity index (χ1) is 30.2. The Balaban J connectivity index is 1.02. The van der Waals surface area contributed by atoms with Gasteiger partial charge in [0.2, 0.25) is 0 Å². The predicted octanol–water partition coefficient (Wildman–Crippen LogP) is -0.475. The molecule has 3 radical (unpaired) electrons. The zero-order chi connectivity index (χ0) is 45.5. The number of imide groups is 1. The number of carbonyl (C=O) groups excluding carboxylic acids is 8. The molecule has 3 atom stereocenters. The number of aryl methyl sites for hydroxylation is 1. The molecule has 1 aliphatic carbocycles. The van der Waals surface area contributed by atoms with Gasteiger partial charge in [0.25, 0.3) is 17.4 Å². The Morgan fingerprint density at radius 1 is 0.984 bits per heavy atom. The summed E-state index contributed by atoms with van der Waals surface area (Å²) in [5.74, 6) is -5.19. The van der Waals surface area contributed by atoms with Crippen LogP contribution in [0.4, 0.5) is 4.39 Å². The van der Waals surface area contributed by atoms with Crippen molar-refractivity contribution in [1.82, 2.24) is 41.0 Å². The fourth-order valence-electron chi connectivity index (χ4n) is 7.98. The summed E-state index contributed by atoms with van der Waals surface area (Å²) in [6, 6.07) is 2.06. The van der Waals surface area contributed by atoms with E-state index >= 15 is 4.39 Å². The summed E-state index contributed by atoms with van der Waals surface area (Å²) < 4.78 is 28.2. The van der Waals surface area contributed by atoms with Crippen molar-refractivity contribution < 1.29 is 52.2 Å². The van der Waals surface area contributed by atoms with E-state index in [-0.39, 0.29) is 31.9 Å². The molecule has 5 N–H and O–H groups in total. The van der Waals surface area contributed by atoms with E-state index < -0.39 is 91.4 Å². The average molecular weight is 1070 g/mol. The van der Waals surface area contributed by atoms with E-state index in [0.717, 1.165) is 29.6 Å². The smallest absolute Gasteiger partial charge is 0.269 e. The molecule has 0 spiro atoms. The van der Waals surface area contributed by atoms with Crippen molar-refractivity contribution in [3.05, 3.63) is 73.8 Å². The number of rotatable bonds is 20. The van der Waals surface area contributed by atoms with E-state index in [1.54, 1.807) is 17.6 Å². The van der Waals surface area contributed by atoms with Crippen molar-refractivity contribution in [2.24, 2.45) is 0 Å². The SMILES string of the molecule is CCC(C=O)c1cc2n(c(=O)c1COC)Cc1c-2nc2cc(F)c(C)c3c2c1C(NC(=O)COCNC(=O)CC([CH2][Pb])NC(=O)CNC(=O)CNC(=O)CN1C(=O)C=CC1=O)CC3. The van der Waals surface area contributed by atoms with E-state index in [4.69, 9.17) is 14.5 Å². The first-order valence-electron chi connectivity index (χ1n) is 20.2. The summed E-state index contributed by atoms with van der Waals surface area (Å²) in [6.07, 6.45) is 4.11. The van der Waals surface area contributed by atoms with Gasteiger partial charge in [-0.25, -0.2) is 9.37 Å². The van der Waals surface area contributed by atoms with Crippen LogP contribution in [-0.2, 0) is 67.4 Å². The van der Waals surface area contributed by atoms with Gasteiger partial charge in [-0.3, -0.25) is 14.4 Å². The molecule has 0 saturated heterocycles. The van der Waals surface area contributed by atoms with Crippen LogP contribution in [0.25, 0.3) is 22.3 Å². The molecule has 21 heteroatoms. The van der Waals surface area contributed by atoms with Gasteiger partial charge in [0.05, 0.1) is 30.1 Å². The van der Waals surface area contributed by atoms with E-state index in [2.05, 4.69) is 26.6 Å². The summed E-state index contributed by atoms with van der Waals surface area (Å²) in [5.41, 5.74) is 4.64. The van der Waals surface area contributed by atoms with E-state index in [0.29, 0.717) is 98.5 Å². The third kappa shape index (κ3) is 10.4. The number of aldehydes is 1. The van der Waals surface area contributed by atoms with E-state index in [9.17, 15) is 43.2 Å². The molecule has 3 unspecified atom stereocenters. The molecule has 0 fully saturated rings. The van der Waals surface area contributed by atoms with Crippen LogP contribution in [0.2, 0.25) is 3.98 Å². The van der Waals surface area contributed by atoms with Crippen LogP contribution in [0.1, 0.15) is 71.5 Å². The molecule has 0 bridgehead atoms. The summed E-state index contributed by atoms with van der Waals surface area (Å²) in [4.78, 5) is 118. The summed E-state index contributed by atoms with van der Waals surface area (Å²) in [6.45, 7) is 1.50. The molecule has 2 aromatic heterocycles. The summed E-state index contributed by atoms with van der Waals surface area (Å²) in [7, 11) is 1.47. The van der Waals surface area contributed by atoms with Gasteiger partial charge in [-0.2, -0.15) is 0 Å². The molecule has 3 aliphatic rings. The third-order valence-corrected chi connectivity index (χ3v) is 13.1. The zero-order valence-electron chi connectivity index (χ0n) is 34.8. The normalized spacial score (nSPS) is 15.7. The molecule has 19 nitrogen and oxygen atoms in total. The zero-order valence-corrected chi connectivity index (χ0v) is 38.7. The number of nitrogens with one attached hydrogen (secondary N) is 5. The van der Waals surface area contributed by atoms with E-state index in [1.807, 2.05) is 6.92 Å². The molecule has 6 rings (SSSR count). The van der Waals surface area contributed by atoms with Crippen molar-refractivity contribution in [3.8, 4) is 11.4 Å². The first kappa shape index (κ1) is 46.7. The Bertz CT molecular complexity index is 2470. The number of hydrogen-bond acceptors (Lipinski definition) is 12. The van der Waals surface area contributed by atoms with Crippen LogP contribution in [0.3, 0.4) is 0 Å². The van der Waals surface area contributed by atoms with Crippen LogP contribution in [0, 0.1) is 12.7 Å². The molecule has 0 saturated carbocycles. The molecule has 2 aliphatic heterocycles. The standard InChI is InChI=1S/C42H46FN8O11.Pb/c1-5-23(17-52)25-11-31-41-26(15-50(31)42(60)27(25)18-61-4)40-29(7-6-24-22(3)28(43)12-30(49-41)39(24)40)48-36(57)19-62-20-46-32(53)10-21(2)47-34(55)14-44-33(54)13-45-35(56)16-51-37(58)8-9-38(51)59;/h8-9,11-12,17,21,23,29H,2,5-7,10,13-16,18-20H2,1,3-4H3,(H,44,54)(H,45,56)(H,46,53)(H,47,55)(H,48,57);. The first-order valence-corrected chi connectivity index (χ1v) is 22.9.